The maximum Gasteiger partial charge on any atom is 0.132 e. The van der Waals surface area contributed by atoms with Crippen LogP contribution in [-0.4, -0.2) is 23.4 Å². The molecule has 2 atom stereocenters. The molecule has 1 aromatic carbocycles. The van der Waals surface area contributed by atoms with Crippen LogP contribution in [0.2, 0.25) is 0 Å². The molecule has 0 amide bonds. The van der Waals surface area contributed by atoms with Crippen LogP contribution in [0, 0.1) is 11.7 Å². The smallest absolute Gasteiger partial charge is 0.132 e. The van der Waals surface area contributed by atoms with Gasteiger partial charge in [-0.1, -0.05) is 6.92 Å². The number of aliphatic hydroxyl groups excluding tert-OH is 2. The fourth-order valence-corrected chi connectivity index (χ4v) is 1.23. The highest BCUT2D eigenvalue weighted by molar-refractivity contribution is 5.29. The zero-order chi connectivity index (χ0) is 12.1. The van der Waals surface area contributed by atoms with E-state index in [0.717, 1.165) is 0 Å². The summed E-state index contributed by atoms with van der Waals surface area (Å²) in [7, 11) is 0. The Labute approximate surface area is 94.5 Å². The minimum absolute atomic E-state index is 0.0134. The summed E-state index contributed by atoms with van der Waals surface area (Å²) in [4.78, 5) is 0. The quantitative estimate of drug-likeness (QED) is 0.809. The average molecular weight is 228 g/mol. The van der Waals surface area contributed by atoms with Gasteiger partial charge in [0.25, 0.3) is 0 Å². The molecule has 0 spiro atoms. The predicted molar refractivity (Wildman–Crippen MR) is 58.8 cm³/mol. The SMILES string of the molecule is CC(CO)COc1ccc(C(C)O)c(F)c1. The largest absolute Gasteiger partial charge is 0.493 e. The number of ether oxygens (including phenoxy) is 1. The minimum Gasteiger partial charge on any atom is -0.493 e. The zero-order valence-corrected chi connectivity index (χ0v) is 9.48. The topological polar surface area (TPSA) is 49.7 Å². The van der Waals surface area contributed by atoms with Crippen LogP contribution in [0.4, 0.5) is 4.39 Å². The van der Waals surface area contributed by atoms with Crippen molar-refractivity contribution in [1.29, 1.82) is 0 Å². The van der Waals surface area contributed by atoms with Gasteiger partial charge in [0.1, 0.15) is 11.6 Å². The third kappa shape index (κ3) is 3.47. The van der Waals surface area contributed by atoms with Gasteiger partial charge in [-0.05, 0) is 19.1 Å². The second-order valence-corrected chi connectivity index (χ2v) is 3.96. The first-order chi connectivity index (χ1) is 7.54. The Morgan fingerprint density at radius 2 is 2.06 bits per heavy atom. The van der Waals surface area contributed by atoms with Gasteiger partial charge in [0, 0.05) is 24.2 Å². The van der Waals surface area contributed by atoms with Gasteiger partial charge in [-0.3, -0.25) is 0 Å². The summed E-state index contributed by atoms with van der Waals surface area (Å²) in [6.45, 7) is 3.71. The molecule has 0 aliphatic carbocycles. The van der Waals surface area contributed by atoms with Crippen LogP contribution < -0.4 is 4.74 Å². The van der Waals surface area contributed by atoms with Crippen molar-refractivity contribution in [1.82, 2.24) is 0 Å². The predicted octanol–water partition coefficient (Wildman–Crippen LogP) is 1.89. The normalized spacial score (nSPS) is 14.6. The molecular formula is C12H17FO3. The van der Waals surface area contributed by atoms with E-state index in [2.05, 4.69) is 0 Å². The molecule has 2 unspecified atom stereocenters. The van der Waals surface area contributed by atoms with Gasteiger partial charge >= 0.3 is 0 Å². The van der Waals surface area contributed by atoms with E-state index >= 15 is 0 Å². The van der Waals surface area contributed by atoms with Crippen molar-refractivity contribution in [2.45, 2.75) is 20.0 Å². The van der Waals surface area contributed by atoms with E-state index < -0.39 is 11.9 Å². The number of benzene rings is 1. The first-order valence-corrected chi connectivity index (χ1v) is 5.25. The summed E-state index contributed by atoms with van der Waals surface area (Å²) < 4.78 is 18.7. The third-order valence-corrected chi connectivity index (χ3v) is 2.27. The lowest BCUT2D eigenvalue weighted by molar-refractivity contribution is 0.173. The molecule has 0 aromatic heterocycles. The van der Waals surface area contributed by atoms with E-state index in [9.17, 15) is 9.50 Å². The van der Waals surface area contributed by atoms with E-state index in [0.29, 0.717) is 12.4 Å². The molecule has 90 valence electrons. The minimum atomic E-state index is -0.828. The van der Waals surface area contributed by atoms with Crippen molar-refractivity contribution in [2.24, 2.45) is 5.92 Å². The Kier molecular flexibility index (Phi) is 4.71. The third-order valence-electron chi connectivity index (χ3n) is 2.27. The number of rotatable bonds is 5. The van der Waals surface area contributed by atoms with E-state index in [1.54, 1.807) is 6.07 Å². The van der Waals surface area contributed by atoms with Crippen LogP contribution in [0.15, 0.2) is 18.2 Å². The lowest BCUT2D eigenvalue weighted by Gasteiger charge is -2.12. The second-order valence-electron chi connectivity index (χ2n) is 3.96. The number of hydrogen-bond acceptors (Lipinski definition) is 3. The Hall–Kier alpha value is -1.13. The summed E-state index contributed by atoms with van der Waals surface area (Å²) >= 11 is 0. The van der Waals surface area contributed by atoms with Gasteiger partial charge in [0.15, 0.2) is 0 Å². The molecule has 0 radical (unpaired) electrons. The highest BCUT2D eigenvalue weighted by Crippen LogP contribution is 2.21. The van der Waals surface area contributed by atoms with Gasteiger partial charge in [-0.2, -0.15) is 0 Å². The second kappa shape index (κ2) is 5.82. The average Bonchev–Trinajstić information content (AvgIpc) is 2.25. The lowest BCUT2D eigenvalue weighted by Crippen LogP contribution is -2.12. The molecule has 3 nitrogen and oxygen atoms in total. The van der Waals surface area contributed by atoms with Crippen LogP contribution in [0.3, 0.4) is 0 Å². The van der Waals surface area contributed by atoms with Gasteiger partial charge in [0.05, 0.1) is 12.7 Å². The Morgan fingerprint density at radius 3 is 2.56 bits per heavy atom. The van der Waals surface area contributed by atoms with Crippen LogP contribution in [0.25, 0.3) is 0 Å². The summed E-state index contributed by atoms with van der Waals surface area (Å²) in [5, 5.41) is 18.0. The molecule has 1 aromatic rings. The Bertz CT molecular complexity index is 339. The van der Waals surface area contributed by atoms with Gasteiger partial charge in [-0.15, -0.1) is 0 Å². The van der Waals surface area contributed by atoms with Crippen molar-refractivity contribution in [3.63, 3.8) is 0 Å². The highest BCUT2D eigenvalue weighted by atomic mass is 19.1. The van der Waals surface area contributed by atoms with Crippen molar-refractivity contribution in [2.75, 3.05) is 13.2 Å². The molecule has 0 fully saturated rings. The zero-order valence-electron chi connectivity index (χ0n) is 9.48. The maximum absolute atomic E-state index is 13.4. The fourth-order valence-electron chi connectivity index (χ4n) is 1.23. The molecule has 0 aliphatic heterocycles. The number of halogens is 1. The molecule has 0 heterocycles. The molecule has 1 rings (SSSR count). The molecule has 0 bridgehead atoms. The van der Waals surface area contributed by atoms with Gasteiger partial charge in [-0.25, -0.2) is 4.39 Å². The van der Waals surface area contributed by atoms with E-state index in [1.165, 1.54) is 19.1 Å². The van der Waals surface area contributed by atoms with E-state index in [-0.39, 0.29) is 18.1 Å². The maximum atomic E-state index is 13.4. The van der Waals surface area contributed by atoms with Gasteiger partial charge < -0.3 is 14.9 Å². The summed E-state index contributed by atoms with van der Waals surface area (Å²) in [5.74, 6) is -0.0640. The van der Waals surface area contributed by atoms with E-state index in [4.69, 9.17) is 9.84 Å². The fraction of sp³-hybridized carbons (Fsp3) is 0.500. The van der Waals surface area contributed by atoms with Crippen LogP contribution in [0.5, 0.6) is 5.75 Å². The summed E-state index contributed by atoms with van der Waals surface area (Å²) in [6, 6.07) is 4.35. The van der Waals surface area contributed by atoms with Crippen molar-refractivity contribution in [3.8, 4) is 5.75 Å². The van der Waals surface area contributed by atoms with Crippen LogP contribution in [-0.2, 0) is 0 Å². The molecular weight excluding hydrogens is 211 g/mol. The van der Waals surface area contributed by atoms with Crippen LogP contribution in [0.1, 0.15) is 25.5 Å². The van der Waals surface area contributed by atoms with Crippen LogP contribution >= 0.6 is 0 Å². The highest BCUT2D eigenvalue weighted by Gasteiger charge is 2.09. The Morgan fingerprint density at radius 1 is 1.38 bits per heavy atom. The lowest BCUT2D eigenvalue weighted by atomic mass is 10.1. The molecule has 0 saturated carbocycles. The number of hydrogen-bond donors (Lipinski definition) is 2. The standard InChI is InChI=1S/C12H17FO3/c1-8(6-14)7-16-10-3-4-11(9(2)15)12(13)5-10/h3-5,8-9,14-15H,6-7H2,1-2H3. The first kappa shape index (κ1) is 12.9. The monoisotopic (exact) mass is 228 g/mol. The van der Waals surface area contributed by atoms with Gasteiger partial charge in [0.2, 0.25) is 0 Å². The van der Waals surface area contributed by atoms with Crippen molar-refractivity contribution >= 4 is 0 Å². The van der Waals surface area contributed by atoms with Crippen molar-refractivity contribution < 1.29 is 19.3 Å². The first-order valence-electron chi connectivity index (χ1n) is 5.25. The Balaban J connectivity index is 2.66. The summed E-state index contributed by atoms with van der Waals surface area (Å²) in [6.07, 6.45) is -0.828. The molecule has 16 heavy (non-hydrogen) atoms. The molecule has 0 saturated heterocycles. The number of aliphatic hydroxyl groups is 2. The summed E-state index contributed by atoms with van der Waals surface area (Å²) in [5.41, 5.74) is 0.252. The van der Waals surface area contributed by atoms with E-state index in [1.807, 2.05) is 6.92 Å². The molecule has 2 N–H and O–H groups in total. The molecule has 0 aliphatic rings. The molecule has 4 heteroatoms. The van der Waals surface area contributed by atoms with Crippen molar-refractivity contribution in [3.05, 3.63) is 29.6 Å².